The highest BCUT2D eigenvalue weighted by molar-refractivity contribution is 7.47. The molecule has 1 aliphatic heterocycles. The number of nitrogens with zero attached hydrogens (tertiary/aromatic N) is 1. The van der Waals surface area contributed by atoms with E-state index in [-0.39, 0.29) is 37.4 Å². The van der Waals surface area contributed by atoms with E-state index in [0.717, 1.165) is 64.9 Å². The second-order valence-corrected chi connectivity index (χ2v) is 23.9. The molecule has 3 fully saturated rings. The molecule has 1 spiro atoms. The summed E-state index contributed by atoms with van der Waals surface area (Å²) in [4.78, 5) is 21.8. The number of unbranched alkanes of at least 4 members (excludes halogenated alkanes) is 18. The lowest BCUT2D eigenvalue weighted by Gasteiger charge is -2.44. The number of phosphoric ester groups is 2. The molecule has 402 valence electrons. The van der Waals surface area contributed by atoms with E-state index >= 15 is 0 Å². The Morgan fingerprint density at radius 1 is 0.551 bits per heavy atom. The van der Waals surface area contributed by atoms with Crippen LogP contribution in [0.15, 0.2) is 48.6 Å². The van der Waals surface area contributed by atoms with Crippen LogP contribution in [0.25, 0.3) is 0 Å². The summed E-state index contributed by atoms with van der Waals surface area (Å²) >= 11 is 0. The largest absolute Gasteiger partial charge is 0.471 e. The van der Waals surface area contributed by atoms with Crippen molar-refractivity contribution in [2.45, 2.75) is 256 Å². The lowest BCUT2D eigenvalue weighted by Crippen LogP contribution is -2.49. The minimum atomic E-state index is -4.08. The SMILES string of the molecule is CCCCC/C=C\C/C=C\CCCCCCCCC1(CCCCCCCC/C=C\C/C=C\CCCCC)CCC2(CC1)O[C@H]1C[C@H](CCCOP(=O)(O)OC)[C@H](N(C)CCOP(=O)(O)OC)C[C@@H]1O2. The predicted octanol–water partition coefficient (Wildman–Crippen LogP) is 16.5. The lowest BCUT2D eigenvalue weighted by atomic mass is 9.66. The van der Waals surface area contributed by atoms with Gasteiger partial charge in [0.2, 0.25) is 0 Å². The fourth-order valence-corrected chi connectivity index (χ4v) is 11.8. The third-order valence-corrected chi connectivity index (χ3v) is 17.2. The first-order valence-corrected chi connectivity index (χ1v) is 31.1. The summed E-state index contributed by atoms with van der Waals surface area (Å²) < 4.78 is 57.6. The Morgan fingerprint density at radius 2 is 0.971 bits per heavy atom. The number of allylic oxidation sites excluding steroid dienone is 8. The fraction of sp³-hybridized carbons (Fsp3) is 0.857. The topological polar surface area (TPSA) is 133 Å². The van der Waals surface area contributed by atoms with Crippen LogP contribution in [0.1, 0.15) is 232 Å². The number of ether oxygens (including phenoxy) is 2. The zero-order chi connectivity index (χ0) is 49.9. The maximum absolute atomic E-state index is 12.0. The maximum Gasteiger partial charge on any atom is 0.471 e. The molecule has 1 saturated heterocycles. The average Bonchev–Trinajstić information content (AvgIpc) is 3.69. The van der Waals surface area contributed by atoms with Gasteiger partial charge in [0.1, 0.15) is 0 Å². The molecule has 2 N–H and O–H groups in total. The van der Waals surface area contributed by atoms with E-state index in [4.69, 9.17) is 18.5 Å². The lowest BCUT2D eigenvalue weighted by molar-refractivity contribution is -0.208. The normalized spacial score (nSPS) is 23.3. The van der Waals surface area contributed by atoms with E-state index in [0.29, 0.717) is 18.4 Å². The van der Waals surface area contributed by atoms with Gasteiger partial charge in [-0.25, -0.2) is 9.13 Å². The van der Waals surface area contributed by atoms with Gasteiger partial charge in [0.25, 0.3) is 0 Å². The molecule has 2 unspecified atom stereocenters. The molecule has 3 aliphatic rings. The number of hydrogen-bond acceptors (Lipinski definition) is 9. The summed E-state index contributed by atoms with van der Waals surface area (Å²) in [6.45, 7) is 5.12. The van der Waals surface area contributed by atoms with Crippen LogP contribution in [-0.2, 0) is 36.7 Å². The van der Waals surface area contributed by atoms with Crippen molar-refractivity contribution in [1.82, 2.24) is 4.90 Å². The monoisotopic (exact) mass is 1010 g/mol. The molecule has 2 aliphatic carbocycles. The van der Waals surface area contributed by atoms with Crippen molar-refractivity contribution in [3.63, 3.8) is 0 Å². The fourth-order valence-electron chi connectivity index (χ4n) is 11.0. The van der Waals surface area contributed by atoms with Crippen LogP contribution in [0.5, 0.6) is 0 Å². The minimum Gasteiger partial charge on any atom is -0.344 e. The molecule has 69 heavy (non-hydrogen) atoms. The van der Waals surface area contributed by atoms with Gasteiger partial charge in [-0.2, -0.15) is 0 Å². The number of likely N-dealkylation sites (N-methyl/N-ethyl adjacent to an activating group) is 1. The molecule has 3 rings (SSSR count). The Morgan fingerprint density at radius 3 is 1.43 bits per heavy atom. The Labute approximate surface area is 422 Å². The van der Waals surface area contributed by atoms with E-state index in [1.165, 1.54) is 161 Å². The van der Waals surface area contributed by atoms with Gasteiger partial charge in [-0.15, -0.1) is 0 Å². The van der Waals surface area contributed by atoms with Crippen LogP contribution in [-0.4, -0.2) is 79.7 Å². The van der Waals surface area contributed by atoms with Gasteiger partial charge in [-0.1, -0.05) is 152 Å². The molecule has 0 aromatic carbocycles. The van der Waals surface area contributed by atoms with Crippen molar-refractivity contribution in [3.8, 4) is 0 Å². The standard InChI is InChI=1S/C56H103NO10P2/c1-6-8-10-12-14-16-18-20-22-24-26-28-30-32-34-36-40-55(41-37-35-33-31-29-27-25-23-21-19-17-15-13-11-9-7-2)42-44-56(45-43-55)66-53-49-51(39-38-47-64-68(58,59)62-4)52(50-54(53)67-56)57(3)46-48-65-69(60,61)63-5/h14-17,20-23,51-54H,6-13,18-19,24-50H2,1-5H3,(H,58,59)(H,60,61)/b16-14-,17-15-,22-20-,23-21-/t51-,52+,53-,54-/m0/s1. The summed E-state index contributed by atoms with van der Waals surface area (Å²) in [5.74, 6) is -0.343. The first-order valence-electron chi connectivity index (χ1n) is 28.1. The van der Waals surface area contributed by atoms with Crippen molar-refractivity contribution in [1.29, 1.82) is 0 Å². The van der Waals surface area contributed by atoms with Crippen molar-refractivity contribution in [2.75, 3.05) is 41.0 Å². The average molecular weight is 1010 g/mol. The van der Waals surface area contributed by atoms with Gasteiger partial charge >= 0.3 is 15.6 Å². The van der Waals surface area contributed by atoms with Crippen LogP contribution in [0.3, 0.4) is 0 Å². The molecule has 2 saturated carbocycles. The zero-order valence-corrected chi connectivity index (χ0v) is 46.4. The summed E-state index contributed by atoms with van der Waals surface area (Å²) in [6, 6.07) is 0.104. The Balaban J connectivity index is 1.51. The summed E-state index contributed by atoms with van der Waals surface area (Å²) in [5.41, 5.74) is 0.351. The second-order valence-electron chi connectivity index (χ2n) is 20.8. The molecule has 0 radical (unpaired) electrons. The van der Waals surface area contributed by atoms with Gasteiger partial charge < -0.3 is 24.2 Å². The molecule has 11 nitrogen and oxygen atoms in total. The van der Waals surface area contributed by atoms with Gasteiger partial charge in [0.05, 0.1) is 25.4 Å². The van der Waals surface area contributed by atoms with E-state index in [1.54, 1.807) is 0 Å². The third kappa shape index (κ3) is 27.3. The van der Waals surface area contributed by atoms with Crippen molar-refractivity contribution >= 4 is 15.6 Å². The molecule has 6 atom stereocenters. The van der Waals surface area contributed by atoms with Crippen LogP contribution in [0.2, 0.25) is 0 Å². The molecular formula is C56H103NO10P2. The molecular weight excluding hydrogens is 909 g/mol. The Hall–Kier alpha value is -0.940. The molecule has 0 aromatic rings. The van der Waals surface area contributed by atoms with E-state index in [1.807, 2.05) is 7.05 Å². The van der Waals surface area contributed by atoms with E-state index in [2.05, 4.69) is 76.4 Å². The van der Waals surface area contributed by atoms with E-state index in [9.17, 15) is 18.9 Å². The highest BCUT2D eigenvalue weighted by atomic mass is 31.2. The number of phosphoric acid groups is 2. The van der Waals surface area contributed by atoms with Crippen LogP contribution in [0.4, 0.5) is 0 Å². The molecule has 0 aromatic heterocycles. The van der Waals surface area contributed by atoms with Gasteiger partial charge in [0, 0.05) is 39.6 Å². The van der Waals surface area contributed by atoms with Crippen molar-refractivity contribution in [3.05, 3.63) is 48.6 Å². The predicted molar refractivity (Wildman–Crippen MR) is 285 cm³/mol. The van der Waals surface area contributed by atoms with E-state index < -0.39 is 21.4 Å². The van der Waals surface area contributed by atoms with Crippen molar-refractivity contribution < 1.29 is 46.5 Å². The summed E-state index contributed by atoms with van der Waals surface area (Å²) in [5, 5.41) is 0. The number of fused-ring (bicyclic) bond motifs is 1. The van der Waals surface area contributed by atoms with Gasteiger partial charge in [0.15, 0.2) is 5.79 Å². The molecule has 1 heterocycles. The van der Waals surface area contributed by atoms with Crippen molar-refractivity contribution in [2.24, 2.45) is 11.3 Å². The highest BCUT2D eigenvalue weighted by Gasteiger charge is 2.55. The quantitative estimate of drug-likeness (QED) is 0.0344. The Kier molecular flexibility index (Phi) is 33.3. The first kappa shape index (κ1) is 62.4. The molecule has 0 bridgehead atoms. The van der Waals surface area contributed by atoms with Crippen LogP contribution >= 0.6 is 15.6 Å². The van der Waals surface area contributed by atoms with Crippen LogP contribution in [0, 0.1) is 11.3 Å². The zero-order valence-electron chi connectivity index (χ0n) is 44.6. The van der Waals surface area contributed by atoms with Gasteiger partial charge in [-0.3, -0.25) is 18.1 Å². The maximum atomic E-state index is 12.0. The number of hydrogen-bond donors (Lipinski definition) is 2. The second kappa shape index (κ2) is 36.9. The first-order chi connectivity index (χ1) is 33.4. The summed E-state index contributed by atoms with van der Waals surface area (Å²) in [7, 11) is -3.78. The summed E-state index contributed by atoms with van der Waals surface area (Å²) in [6.07, 6.45) is 59.1. The smallest absolute Gasteiger partial charge is 0.344 e. The van der Waals surface area contributed by atoms with Crippen LogP contribution < -0.4 is 0 Å². The van der Waals surface area contributed by atoms with Gasteiger partial charge in [-0.05, 0) is 134 Å². The number of rotatable bonds is 42. The minimum absolute atomic E-state index is 0.0151. The third-order valence-electron chi connectivity index (χ3n) is 15.3. The molecule has 0 amide bonds. The Bertz CT molecular complexity index is 1460. The highest BCUT2D eigenvalue weighted by Crippen LogP contribution is 2.54. The molecule has 13 heteroatoms.